The maximum atomic E-state index is 11.6. The summed E-state index contributed by atoms with van der Waals surface area (Å²) < 4.78 is 10.3. The largest absolute Gasteiger partial charge is 0.383 e. The zero-order valence-electron chi connectivity index (χ0n) is 14.5. The van der Waals surface area contributed by atoms with Crippen molar-refractivity contribution in [1.82, 2.24) is 15.5 Å². The fraction of sp³-hybridized carbons (Fsp3) is 0.867. The zero-order valence-corrected chi connectivity index (χ0v) is 16.8. The predicted octanol–water partition coefficient (Wildman–Crippen LogP) is 0.691. The highest BCUT2D eigenvalue weighted by Gasteiger charge is 2.15. The summed E-state index contributed by atoms with van der Waals surface area (Å²) in [4.78, 5) is 17.9. The molecular weight excluding hydrogens is 411 g/mol. The van der Waals surface area contributed by atoms with Crippen LogP contribution in [0.25, 0.3) is 0 Å². The molecule has 1 rings (SSSR count). The maximum Gasteiger partial charge on any atom is 0.239 e. The van der Waals surface area contributed by atoms with Crippen molar-refractivity contribution in [3.8, 4) is 0 Å². The number of rotatable bonds is 8. The summed E-state index contributed by atoms with van der Waals surface area (Å²) in [7, 11) is 5.34. The normalized spacial score (nSPS) is 15.7. The third kappa shape index (κ3) is 9.98. The molecule has 1 amide bonds. The molecule has 2 N–H and O–H groups in total. The van der Waals surface area contributed by atoms with Gasteiger partial charge in [-0.15, -0.1) is 24.0 Å². The number of hydrogen-bond donors (Lipinski definition) is 2. The Hall–Kier alpha value is -0.610. The zero-order chi connectivity index (χ0) is 16.2. The Morgan fingerprint density at radius 2 is 2.04 bits per heavy atom. The molecule has 7 nitrogen and oxygen atoms in total. The second kappa shape index (κ2) is 13.8. The standard InChI is InChI=1S/C15H30N4O3.HI/c1-16-15(18-12-14(20)17-7-11-21-3)19(2)8-4-13-5-9-22-10-6-13;/h13H,4-12H2,1-3H3,(H,16,18)(H,17,20);1H. The van der Waals surface area contributed by atoms with Crippen LogP contribution in [0.2, 0.25) is 0 Å². The van der Waals surface area contributed by atoms with Gasteiger partial charge in [0.2, 0.25) is 5.91 Å². The van der Waals surface area contributed by atoms with E-state index in [1.54, 1.807) is 14.2 Å². The third-order valence-electron chi connectivity index (χ3n) is 3.82. The van der Waals surface area contributed by atoms with E-state index in [2.05, 4.69) is 20.5 Å². The molecule has 23 heavy (non-hydrogen) atoms. The lowest BCUT2D eigenvalue weighted by molar-refractivity contribution is -0.120. The van der Waals surface area contributed by atoms with Crippen LogP contribution in [0.15, 0.2) is 4.99 Å². The number of carbonyl (C=O) groups excluding carboxylic acids is 1. The SMILES string of the molecule is CN=C(NCC(=O)NCCOC)N(C)CCC1CCOCC1.I. The first-order valence-corrected chi connectivity index (χ1v) is 7.92. The summed E-state index contributed by atoms with van der Waals surface area (Å²) in [6.45, 7) is 3.94. The number of ether oxygens (including phenoxy) is 2. The molecular formula is C15H31IN4O3. The Kier molecular flexibility index (Phi) is 13.4. The fourth-order valence-electron chi connectivity index (χ4n) is 2.42. The Labute approximate surface area is 156 Å². The average molecular weight is 442 g/mol. The van der Waals surface area contributed by atoms with Crippen LogP contribution in [-0.2, 0) is 14.3 Å². The minimum atomic E-state index is -0.0592. The number of methoxy groups -OCH3 is 1. The van der Waals surface area contributed by atoms with Gasteiger partial charge in [0.15, 0.2) is 5.96 Å². The van der Waals surface area contributed by atoms with Crippen molar-refractivity contribution in [3.05, 3.63) is 0 Å². The fourth-order valence-corrected chi connectivity index (χ4v) is 2.42. The smallest absolute Gasteiger partial charge is 0.239 e. The molecule has 0 atom stereocenters. The molecule has 0 aromatic heterocycles. The molecule has 1 aliphatic heterocycles. The number of hydrogen-bond acceptors (Lipinski definition) is 4. The molecule has 1 fully saturated rings. The van der Waals surface area contributed by atoms with Crippen molar-refractivity contribution in [1.29, 1.82) is 0 Å². The monoisotopic (exact) mass is 442 g/mol. The first-order chi connectivity index (χ1) is 10.7. The first-order valence-electron chi connectivity index (χ1n) is 7.92. The average Bonchev–Trinajstić information content (AvgIpc) is 2.54. The van der Waals surface area contributed by atoms with Gasteiger partial charge in [-0.2, -0.15) is 0 Å². The summed E-state index contributed by atoms with van der Waals surface area (Å²) in [5, 5.41) is 5.85. The maximum absolute atomic E-state index is 11.6. The highest BCUT2D eigenvalue weighted by atomic mass is 127. The van der Waals surface area contributed by atoms with Gasteiger partial charge in [0.05, 0.1) is 13.2 Å². The topological polar surface area (TPSA) is 75.2 Å². The lowest BCUT2D eigenvalue weighted by Crippen LogP contribution is -2.45. The van der Waals surface area contributed by atoms with Crippen molar-refractivity contribution < 1.29 is 14.3 Å². The van der Waals surface area contributed by atoms with E-state index in [1.165, 1.54) is 0 Å². The van der Waals surface area contributed by atoms with Crippen LogP contribution in [0.5, 0.6) is 0 Å². The van der Waals surface area contributed by atoms with E-state index in [0.29, 0.717) is 13.2 Å². The third-order valence-corrected chi connectivity index (χ3v) is 3.82. The van der Waals surface area contributed by atoms with Gasteiger partial charge >= 0.3 is 0 Å². The van der Waals surface area contributed by atoms with E-state index in [4.69, 9.17) is 9.47 Å². The lowest BCUT2D eigenvalue weighted by atomic mass is 9.96. The van der Waals surface area contributed by atoms with Crippen LogP contribution in [-0.4, -0.2) is 77.4 Å². The first kappa shape index (κ1) is 22.4. The van der Waals surface area contributed by atoms with Crippen LogP contribution < -0.4 is 10.6 Å². The Bertz CT molecular complexity index is 350. The summed E-state index contributed by atoms with van der Waals surface area (Å²) in [6, 6.07) is 0. The Morgan fingerprint density at radius 3 is 2.65 bits per heavy atom. The summed E-state index contributed by atoms with van der Waals surface area (Å²) in [5.74, 6) is 1.41. The van der Waals surface area contributed by atoms with E-state index in [9.17, 15) is 4.79 Å². The number of carbonyl (C=O) groups is 1. The molecule has 0 aromatic rings. The molecule has 0 spiro atoms. The van der Waals surface area contributed by atoms with Crippen molar-refractivity contribution in [2.45, 2.75) is 19.3 Å². The van der Waals surface area contributed by atoms with E-state index >= 15 is 0 Å². The van der Waals surface area contributed by atoms with Gasteiger partial charge in [-0.3, -0.25) is 9.79 Å². The van der Waals surface area contributed by atoms with Crippen LogP contribution in [0.1, 0.15) is 19.3 Å². The van der Waals surface area contributed by atoms with Crippen LogP contribution in [0.4, 0.5) is 0 Å². The Balaban J connectivity index is 0.00000484. The molecule has 8 heteroatoms. The summed E-state index contributed by atoms with van der Waals surface area (Å²) >= 11 is 0. The van der Waals surface area contributed by atoms with Gasteiger partial charge in [-0.1, -0.05) is 0 Å². The number of nitrogens with zero attached hydrogens (tertiary/aromatic N) is 2. The van der Waals surface area contributed by atoms with Gasteiger partial charge in [-0.25, -0.2) is 0 Å². The molecule has 0 unspecified atom stereocenters. The molecule has 136 valence electrons. The van der Waals surface area contributed by atoms with Crippen LogP contribution in [0.3, 0.4) is 0 Å². The van der Waals surface area contributed by atoms with Crippen LogP contribution in [0, 0.1) is 5.92 Å². The van der Waals surface area contributed by atoms with Crippen molar-refractivity contribution >= 4 is 35.8 Å². The van der Waals surface area contributed by atoms with E-state index in [-0.39, 0.29) is 36.4 Å². The molecule has 1 aliphatic rings. The van der Waals surface area contributed by atoms with Crippen LogP contribution >= 0.6 is 24.0 Å². The number of aliphatic imine (C=N–C) groups is 1. The number of guanidine groups is 1. The molecule has 0 saturated carbocycles. The minimum Gasteiger partial charge on any atom is -0.383 e. The van der Waals surface area contributed by atoms with Gasteiger partial charge in [0.1, 0.15) is 0 Å². The molecule has 0 bridgehead atoms. The molecule has 0 aliphatic carbocycles. The van der Waals surface area contributed by atoms with E-state index in [1.807, 2.05) is 7.05 Å². The van der Waals surface area contributed by atoms with Crippen molar-refractivity contribution in [2.24, 2.45) is 10.9 Å². The lowest BCUT2D eigenvalue weighted by Gasteiger charge is -2.26. The second-order valence-corrected chi connectivity index (χ2v) is 5.51. The quantitative estimate of drug-likeness (QED) is 0.251. The van der Waals surface area contributed by atoms with Gasteiger partial charge in [0, 0.05) is 47.5 Å². The van der Waals surface area contributed by atoms with Gasteiger partial charge < -0.3 is 25.0 Å². The number of amides is 1. The molecule has 1 heterocycles. The van der Waals surface area contributed by atoms with E-state index in [0.717, 1.165) is 50.9 Å². The molecule has 0 aromatic carbocycles. The van der Waals surface area contributed by atoms with Crippen molar-refractivity contribution in [2.75, 3.05) is 60.7 Å². The predicted molar refractivity (Wildman–Crippen MR) is 102 cm³/mol. The number of nitrogens with one attached hydrogen (secondary N) is 2. The second-order valence-electron chi connectivity index (χ2n) is 5.51. The highest BCUT2D eigenvalue weighted by Crippen LogP contribution is 2.18. The highest BCUT2D eigenvalue weighted by molar-refractivity contribution is 14.0. The van der Waals surface area contributed by atoms with Gasteiger partial charge in [-0.05, 0) is 25.2 Å². The van der Waals surface area contributed by atoms with Crippen molar-refractivity contribution in [3.63, 3.8) is 0 Å². The summed E-state index contributed by atoms with van der Waals surface area (Å²) in [5.41, 5.74) is 0. The van der Waals surface area contributed by atoms with E-state index < -0.39 is 0 Å². The van der Waals surface area contributed by atoms with Gasteiger partial charge in [0.25, 0.3) is 0 Å². The number of halogens is 1. The molecule has 0 radical (unpaired) electrons. The molecule has 1 saturated heterocycles. The Morgan fingerprint density at radius 1 is 1.35 bits per heavy atom. The minimum absolute atomic E-state index is 0. The summed E-state index contributed by atoms with van der Waals surface area (Å²) in [6.07, 6.45) is 3.41.